The lowest BCUT2D eigenvalue weighted by molar-refractivity contribution is 1.27. The number of aromatic amines is 1. The SMILES string of the molecule is Cc1ccc2nc(/C(C#N)=C\c3ccc(Cl)cc3Cl)[nH]c2c1. The van der Waals surface area contributed by atoms with Crippen LogP contribution < -0.4 is 0 Å². The molecule has 5 heteroatoms. The predicted octanol–water partition coefficient (Wildman–Crippen LogP) is 5.24. The monoisotopic (exact) mass is 327 g/mol. The molecule has 0 unspecified atom stereocenters. The van der Waals surface area contributed by atoms with Gasteiger partial charge in [0, 0.05) is 10.0 Å². The second-order valence-electron chi connectivity index (χ2n) is 4.94. The smallest absolute Gasteiger partial charge is 0.149 e. The van der Waals surface area contributed by atoms with E-state index in [1.54, 1.807) is 24.3 Å². The third-order valence-electron chi connectivity index (χ3n) is 3.28. The Morgan fingerprint density at radius 1 is 1.23 bits per heavy atom. The zero-order valence-corrected chi connectivity index (χ0v) is 13.2. The van der Waals surface area contributed by atoms with Crippen molar-refractivity contribution in [1.29, 1.82) is 5.26 Å². The Bertz CT molecular complexity index is 933. The van der Waals surface area contributed by atoms with Crippen molar-refractivity contribution in [2.75, 3.05) is 0 Å². The van der Waals surface area contributed by atoms with E-state index in [9.17, 15) is 5.26 Å². The highest BCUT2D eigenvalue weighted by Crippen LogP contribution is 2.26. The fourth-order valence-electron chi connectivity index (χ4n) is 2.18. The van der Waals surface area contributed by atoms with E-state index >= 15 is 0 Å². The lowest BCUT2D eigenvalue weighted by Crippen LogP contribution is -1.85. The number of aromatic nitrogens is 2. The maximum absolute atomic E-state index is 9.42. The lowest BCUT2D eigenvalue weighted by Gasteiger charge is -2.00. The van der Waals surface area contributed by atoms with Gasteiger partial charge in [-0.3, -0.25) is 0 Å². The molecule has 2 aromatic carbocycles. The highest BCUT2D eigenvalue weighted by atomic mass is 35.5. The summed E-state index contributed by atoms with van der Waals surface area (Å²) in [6.45, 7) is 2.01. The van der Waals surface area contributed by atoms with Crippen LogP contribution in [0.1, 0.15) is 17.0 Å². The minimum Gasteiger partial charge on any atom is -0.337 e. The molecule has 0 bridgehead atoms. The summed E-state index contributed by atoms with van der Waals surface area (Å²) in [4.78, 5) is 7.62. The first-order chi connectivity index (χ1) is 10.6. The molecule has 1 N–H and O–H groups in total. The molecule has 1 heterocycles. The summed E-state index contributed by atoms with van der Waals surface area (Å²) < 4.78 is 0. The summed E-state index contributed by atoms with van der Waals surface area (Å²) in [5.41, 5.74) is 3.99. The van der Waals surface area contributed by atoms with Gasteiger partial charge in [-0.25, -0.2) is 4.98 Å². The number of aryl methyl sites for hydroxylation is 1. The summed E-state index contributed by atoms with van der Waals surface area (Å²) in [5.74, 6) is 0.522. The number of halogens is 2. The predicted molar refractivity (Wildman–Crippen MR) is 90.8 cm³/mol. The van der Waals surface area contributed by atoms with E-state index in [2.05, 4.69) is 16.0 Å². The van der Waals surface area contributed by atoms with Gasteiger partial charge < -0.3 is 4.98 Å². The molecule has 3 nitrogen and oxygen atoms in total. The number of fused-ring (bicyclic) bond motifs is 1. The van der Waals surface area contributed by atoms with Crippen LogP contribution in [-0.4, -0.2) is 9.97 Å². The number of nitrogens with zero attached hydrogens (tertiary/aromatic N) is 2. The van der Waals surface area contributed by atoms with E-state index < -0.39 is 0 Å². The molecule has 0 spiro atoms. The van der Waals surface area contributed by atoms with Crippen molar-refractivity contribution < 1.29 is 0 Å². The first kappa shape index (κ1) is 14.6. The molecule has 22 heavy (non-hydrogen) atoms. The van der Waals surface area contributed by atoms with Crippen LogP contribution in [0.2, 0.25) is 10.0 Å². The molecular weight excluding hydrogens is 317 g/mol. The fourth-order valence-corrected chi connectivity index (χ4v) is 2.64. The van der Waals surface area contributed by atoms with Gasteiger partial charge in [-0.2, -0.15) is 5.26 Å². The molecule has 0 amide bonds. The first-order valence-corrected chi connectivity index (χ1v) is 7.36. The standard InChI is InChI=1S/C17H11Cl2N3/c1-10-2-5-15-16(6-10)22-17(21-15)12(9-20)7-11-3-4-13(18)8-14(11)19/h2-8H,1H3,(H,21,22)/b12-7-. The van der Waals surface area contributed by atoms with Gasteiger partial charge in [0.15, 0.2) is 0 Å². The van der Waals surface area contributed by atoms with Crippen LogP contribution >= 0.6 is 23.2 Å². The Morgan fingerprint density at radius 3 is 2.77 bits per heavy atom. The highest BCUT2D eigenvalue weighted by Gasteiger charge is 2.09. The normalized spacial score (nSPS) is 11.6. The summed E-state index contributed by atoms with van der Waals surface area (Å²) >= 11 is 12.0. The fraction of sp³-hybridized carbons (Fsp3) is 0.0588. The van der Waals surface area contributed by atoms with E-state index in [1.807, 2.05) is 25.1 Å². The highest BCUT2D eigenvalue weighted by molar-refractivity contribution is 6.35. The third kappa shape index (κ3) is 2.85. The Morgan fingerprint density at radius 2 is 2.05 bits per heavy atom. The van der Waals surface area contributed by atoms with Crippen molar-refractivity contribution in [3.63, 3.8) is 0 Å². The van der Waals surface area contributed by atoms with Gasteiger partial charge in [0.05, 0.1) is 16.6 Å². The summed E-state index contributed by atoms with van der Waals surface area (Å²) in [7, 11) is 0. The summed E-state index contributed by atoms with van der Waals surface area (Å²) in [6.07, 6.45) is 1.70. The minimum atomic E-state index is 0.415. The van der Waals surface area contributed by atoms with Crippen molar-refractivity contribution in [3.05, 3.63) is 63.4 Å². The summed E-state index contributed by atoms with van der Waals surface area (Å²) in [6, 6.07) is 13.2. The number of hydrogen-bond donors (Lipinski definition) is 1. The first-order valence-electron chi connectivity index (χ1n) is 6.60. The van der Waals surface area contributed by atoms with Crippen LogP contribution in [0.3, 0.4) is 0 Å². The minimum absolute atomic E-state index is 0.415. The second kappa shape index (κ2) is 5.84. The van der Waals surface area contributed by atoms with E-state index in [0.29, 0.717) is 21.4 Å². The molecule has 108 valence electrons. The Hall–Kier alpha value is -2.28. The average Bonchev–Trinajstić information content (AvgIpc) is 2.89. The van der Waals surface area contributed by atoms with Crippen LogP contribution in [0.5, 0.6) is 0 Å². The maximum Gasteiger partial charge on any atom is 0.149 e. The number of rotatable bonds is 2. The number of H-pyrrole nitrogens is 1. The zero-order valence-electron chi connectivity index (χ0n) is 11.7. The second-order valence-corrected chi connectivity index (χ2v) is 5.79. The van der Waals surface area contributed by atoms with Crippen LogP contribution in [-0.2, 0) is 0 Å². The average molecular weight is 328 g/mol. The largest absolute Gasteiger partial charge is 0.337 e. The van der Waals surface area contributed by atoms with Crippen LogP contribution in [0.4, 0.5) is 0 Å². The topological polar surface area (TPSA) is 52.5 Å². The van der Waals surface area contributed by atoms with Crippen LogP contribution in [0.15, 0.2) is 36.4 Å². The number of benzene rings is 2. The van der Waals surface area contributed by atoms with E-state index in [4.69, 9.17) is 23.2 Å². The van der Waals surface area contributed by atoms with Gasteiger partial charge >= 0.3 is 0 Å². The molecule has 0 saturated carbocycles. The van der Waals surface area contributed by atoms with E-state index in [1.165, 1.54) is 0 Å². The molecule has 0 atom stereocenters. The van der Waals surface area contributed by atoms with Crippen molar-refractivity contribution in [3.8, 4) is 6.07 Å². The van der Waals surface area contributed by atoms with E-state index in [0.717, 1.165) is 22.2 Å². The van der Waals surface area contributed by atoms with E-state index in [-0.39, 0.29) is 0 Å². The van der Waals surface area contributed by atoms with Crippen molar-refractivity contribution in [1.82, 2.24) is 9.97 Å². The van der Waals surface area contributed by atoms with Gasteiger partial charge in [-0.15, -0.1) is 0 Å². The molecule has 0 radical (unpaired) electrons. The number of imidazole rings is 1. The number of allylic oxidation sites excluding steroid dienone is 1. The molecule has 3 aromatic rings. The molecule has 0 aliphatic carbocycles. The number of nitrogens with one attached hydrogen (secondary N) is 1. The summed E-state index contributed by atoms with van der Waals surface area (Å²) in [5, 5.41) is 10.5. The van der Waals surface area contributed by atoms with Gasteiger partial charge in [0.2, 0.25) is 0 Å². The lowest BCUT2D eigenvalue weighted by atomic mass is 10.1. The Labute approximate surface area is 137 Å². The van der Waals surface area contributed by atoms with Gasteiger partial charge in [0.25, 0.3) is 0 Å². The Kier molecular flexibility index (Phi) is 3.89. The van der Waals surface area contributed by atoms with Crippen LogP contribution in [0.25, 0.3) is 22.7 Å². The molecule has 3 rings (SSSR count). The maximum atomic E-state index is 9.42. The zero-order chi connectivity index (χ0) is 15.7. The van der Waals surface area contributed by atoms with Crippen molar-refractivity contribution in [2.24, 2.45) is 0 Å². The molecule has 0 aliphatic rings. The molecule has 0 saturated heterocycles. The van der Waals surface area contributed by atoms with Gasteiger partial charge in [-0.05, 0) is 48.4 Å². The van der Waals surface area contributed by atoms with Gasteiger partial charge in [0.1, 0.15) is 11.9 Å². The molecule has 0 aliphatic heterocycles. The third-order valence-corrected chi connectivity index (χ3v) is 3.84. The molecular formula is C17H11Cl2N3. The van der Waals surface area contributed by atoms with Gasteiger partial charge in [-0.1, -0.05) is 35.3 Å². The van der Waals surface area contributed by atoms with Crippen molar-refractivity contribution in [2.45, 2.75) is 6.92 Å². The number of nitriles is 1. The molecule has 1 aromatic heterocycles. The number of hydrogen-bond acceptors (Lipinski definition) is 2. The quantitative estimate of drug-likeness (QED) is 0.654. The molecule has 0 fully saturated rings. The van der Waals surface area contributed by atoms with Crippen molar-refractivity contribution >= 4 is 45.9 Å². The van der Waals surface area contributed by atoms with Crippen LogP contribution in [0, 0.1) is 18.3 Å². The Balaban J connectivity index is 2.09.